The molecule has 12 heavy (non-hydrogen) atoms. The molecule has 0 atom stereocenters. The highest BCUT2D eigenvalue weighted by atomic mass is 32.2. The van der Waals surface area contributed by atoms with Gasteiger partial charge in [0.05, 0.1) is 12.3 Å². The van der Waals surface area contributed by atoms with Gasteiger partial charge in [0.1, 0.15) is 0 Å². The molecule has 1 aromatic carbocycles. The Bertz CT molecular complexity index is 243. The monoisotopic (exact) mass is 184 g/mol. The first-order chi connectivity index (χ1) is 5.83. The Hall–Kier alpha value is -0.710. The Morgan fingerprint density at radius 2 is 2.33 bits per heavy atom. The van der Waals surface area contributed by atoms with E-state index in [0.29, 0.717) is 0 Å². The highest BCUT2D eigenvalue weighted by molar-refractivity contribution is 7.98. The first-order valence-electron chi connectivity index (χ1n) is 3.56. The maximum Gasteiger partial charge on any atom is 0.0693 e. The second-order valence-electron chi connectivity index (χ2n) is 2.30. The quantitative estimate of drug-likeness (QED) is 0.375. The number of hydrogen-bond donors (Lipinski definition) is 3. The first-order valence-corrected chi connectivity index (χ1v) is 4.79. The van der Waals surface area contributed by atoms with E-state index in [4.69, 9.17) is 10.9 Å². The molecule has 66 valence electrons. The van der Waals surface area contributed by atoms with Crippen molar-refractivity contribution in [3.05, 3.63) is 23.8 Å². The maximum absolute atomic E-state index is 8.99. The third-order valence-corrected chi connectivity index (χ3v) is 2.52. The molecule has 0 radical (unpaired) electrons. The molecule has 0 aliphatic carbocycles. The van der Waals surface area contributed by atoms with Crippen LogP contribution in [0.3, 0.4) is 0 Å². The average molecular weight is 184 g/mol. The van der Waals surface area contributed by atoms with Crippen molar-refractivity contribution >= 4 is 17.4 Å². The zero-order valence-electron chi connectivity index (χ0n) is 6.87. The second-order valence-corrected chi connectivity index (χ2v) is 3.12. The average Bonchev–Trinajstić information content (AvgIpc) is 2.16. The van der Waals surface area contributed by atoms with Crippen LogP contribution in [0.1, 0.15) is 5.56 Å². The van der Waals surface area contributed by atoms with Crippen molar-refractivity contribution in [3.63, 3.8) is 0 Å². The van der Waals surface area contributed by atoms with Crippen LogP contribution in [0, 0.1) is 0 Å². The summed E-state index contributed by atoms with van der Waals surface area (Å²) in [5.74, 6) is 5.30. The third-order valence-electron chi connectivity index (χ3n) is 1.63. The number of anilines is 1. The molecule has 0 aliphatic heterocycles. The normalized spacial score (nSPS) is 9.92. The Morgan fingerprint density at radius 1 is 1.58 bits per heavy atom. The zero-order chi connectivity index (χ0) is 8.97. The summed E-state index contributed by atoms with van der Waals surface area (Å²) in [6, 6.07) is 5.62. The number of aliphatic hydroxyl groups is 1. The third kappa shape index (κ3) is 1.72. The number of nitrogens with two attached hydrogens (primary N) is 1. The molecule has 0 heterocycles. The van der Waals surface area contributed by atoms with Crippen LogP contribution in [0.5, 0.6) is 0 Å². The molecular weight excluding hydrogens is 172 g/mol. The summed E-state index contributed by atoms with van der Waals surface area (Å²) >= 11 is 1.57. The number of benzene rings is 1. The predicted molar refractivity (Wildman–Crippen MR) is 52.0 cm³/mol. The van der Waals surface area contributed by atoms with E-state index in [1.807, 2.05) is 24.5 Å². The minimum Gasteiger partial charge on any atom is -0.392 e. The summed E-state index contributed by atoms with van der Waals surface area (Å²) in [6.07, 6.45) is 1.95. The molecule has 0 aromatic heterocycles. The summed E-state index contributed by atoms with van der Waals surface area (Å²) in [6.45, 7) is 0.0473. The molecule has 0 saturated carbocycles. The van der Waals surface area contributed by atoms with E-state index in [0.717, 1.165) is 16.1 Å². The van der Waals surface area contributed by atoms with Crippen LogP contribution in [0.4, 0.5) is 5.69 Å². The highest BCUT2D eigenvalue weighted by Crippen LogP contribution is 2.28. The fourth-order valence-corrected chi connectivity index (χ4v) is 1.81. The molecule has 0 bridgehead atoms. The molecule has 0 unspecified atom stereocenters. The van der Waals surface area contributed by atoms with Crippen molar-refractivity contribution in [3.8, 4) is 0 Å². The molecule has 4 N–H and O–H groups in total. The lowest BCUT2D eigenvalue weighted by Gasteiger charge is -2.09. The number of hydrogen-bond acceptors (Lipinski definition) is 4. The number of rotatable bonds is 3. The van der Waals surface area contributed by atoms with Gasteiger partial charge in [-0.25, -0.2) is 0 Å². The van der Waals surface area contributed by atoms with Crippen molar-refractivity contribution in [1.29, 1.82) is 0 Å². The molecule has 1 rings (SSSR count). The lowest BCUT2D eigenvalue weighted by molar-refractivity contribution is 0.279. The zero-order valence-corrected chi connectivity index (χ0v) is 7.69. The Kier molecular flexibility index (Phi) is 3.40. The fourth-order valence-electron chi connectivity index (χ4n) is 1.06. The molecule has 0 saturated heterocycles. The number of hydrazine groups is 1. The van der Waals surface area contributed by atoms with Gasteiger partial charge in [-0.05, 0) is 17.9 Å². The van der Waals surface area contributed by atoms with Gasteiger partial charge in [-0.1, -0.05) is 12.1 Å². The molecule has 0 fully saturated rings. The van der Waals surface area contributed by atoms with Gasteiger partial charge in [0.15, 0.2) is 0 Å². The first kappa shape index (κ1) is 9.38. The van der Waals surface area contributed by atoms with Crippen LogP contribution in [0.2, 0.25) is 0 Å². The van der Waals surface area contributed by atoms with E-state index < -0.39 is 0 Å². The topological polar surface area (TPSA) is 58.3 Å². The fraction of sp³-hybridized carbons (Fsp3) is 0.250. The Balaban J connectivity index is 3.13. The predicted octanol–water partition coefficient (Wildman–Crippen LogP) is 1.19. The van der Waals surface area contributed by atoms with Gasteiger partial charge in [-0.15, -0.1) is 11.8 Å². The summed E-state index contributed by atoms with van der Waals surface area (Å²) < 4.78 is 0. The van der Waals surface area contributed by atoms with Gasteiger partial charge >= 0.3 is 0 Å². The number of nitrogen functional groups attached to an aromatic ring is 1. The molecular formula is C8H12N2OS. The molecule has 0 amide bonds. The molecule has 1 aromatic rings. The van der Waals surface area contributed by atoms with Crippen LogP contribution in [0.25, 0.3) is 0 Å². The Morgan fingerprint density at radius 3 is 2.83 bits per heavy atom. The van der Waals surface area contributed by atoms with Crippen molar-refractivity contribution in [1.82, 2.24) is 0 Å². The molecule has 4 heteroatoms. The van der Waals surface area contributed by atoms with E-state index >= 15 is 0 Å². The summed E-state index contributed by atoms with van der Waals surface area (Å²) in [7, 11) is 0. The van der Waals surface area contributed by atoms with E-state index in [9.17, 15) is 0 Å². The summed E-state index contributed by atoms with van der Waals surface area (Å²) in [4.78, 5) is 1.00. The van der Waals surface area contributed by atoms with Gasteiger partial charge < -0.3 is 10.5 Å². The van der Waals surface area contributed by atoms with Crippen molar-refractivity contribution in [2.45, 2.75) is 11.5 Å². The van der Waals surface area contributed by atoms with Crippen LogP contribution in [-0.4, -0.2) is 11.4 Å². The smallest absolute Gasteiger partial charge is 0.0693 e. The SMILES string of the molecule is CSc1c(CO)cccc1NN. The standard InChI is InChI=1S/C8H12N2OS/c1-12-8-6(5-11)3-2-4-7(8)10-9/h2-4,10-11H,5,9H2,1H3. The molecule has 3 nitrogen and oxygen atoms in total. The van der Waals surface area contributed by atoms with Gasteiger partial charge in [0.2, 0.25) is 0 Å². The number of thioether (sulfide) groups is 1. The number of nitrogens with one attached hydrogen (secondary N) is 1. The van der Waals surface area contributed by atoms with Gasteiger partial charge in [0, 0.05) is 4.90 Å². The van der Waals surface area contributed by atoms with Gasteiger partial charge in [-0.2, -0.15) is 0 Å². The largest absolute Gasteiger partial charge is 0.392 e. The van der Waals surface area contributed by atoms with Gasteiger partial charge in [-0.3, -0.25) is 5.84 Å². The van der Waals surface area contributed by atoms with Crippen molar-refractivity contribution in [2.75, 3.05) is 11.7 Å². The van der Waals surface area contributed by atoms with Crippen LogP contribution < -0.4 is 11.3 Å². The number of aliphatic hydroxyl groups excluding tert-OH is 1. The van der Waals surface area contributed by atoms with E-state index in [-0.39, 0.29) is 6.61 Å². The van der Waals surface area contributed by atoms with Crippen LogP contribution in [0.15, 0.2) is 23.1 Å². The summed E-state index contributed by atoms with van der Waals surface area (Å²) in [5.41, 5.74) is 4.35. The molecule has 0 spiro atoms. The lowest BCUT2D eigenvalue weighted by atomic mass is 10.2. The van der Waals surface area contributed by atoms with E-state index in [2.05, 4.69) is 5.43 Å². The van der Waals surface area contributed by atoms with E-state index in [1.54, 1.807) is 11.8 Å². The van der Waals surface area contributed by atoms with Crippen LogP contribution in [-0.2, 0) is 6.61 Å². The van der Waals surface area contributed by atoms with Crippen LogP contribution >= 0.6 is 11.8 Å². The maximum atomic E-state index is 8.99. The van der Waals surface area contributed by atoms with Crippen molar-refractivity contribution < 1.29 is 5.11 Å². The van der Waals surface area contributed by atoms with E-state index in [1.165, 1.54) is 0 Å². The minimum atomic E-state index is 0.0473. The molecule has 0 aliphatic rings. The summed E-state index contributed by atoms with van der Waals surface area (Å²) in [5, 5.41) is 8.99. The highest BCUT2D eigenvalue weighted by Gasteiger charge is 2.04. The van der Waals surface area contributed by atoms with Crippen molar-refractivity contribution in [2.24, 2.45) is 5.84 Å². The van der Waals surface area contributed by atoms with Gasteiger partial charge in [0.25, 0.3) is 0 Å². The minimum absolute atomic E-state index is 0.0473. The lowest BCUT2D eigenvalue weighted by Crippen LogP contribution is -2.08. The second kappa shape index (κ2) is 4.35. The Labute approximate surface area is 75.9 Å².